The van der Waals surface area contributed by atoms with Gasteiger partial charge in [-0.3, -0.25) is 0 Å². The van der Waals surface area contributed by atoms with E-state index in [2.05, 4.69) is 34.2 Å². The van der Waals surface area contributed by atoms with Crippen molar-refractivity contribution in [2.24, 2.45) is 0 Å². The van der Waals surface area contributed by atoms with Crippen molar-refractivity contribution in [3.8, 4) is 0 Å². The van der Waals surface area contributed by atoms with E-state index in [4.69, 9.17) is 23.2 Å². The van der Waals surface area contributed by atoms with Crippen molar-refractivity contribution >= 4 is 39.1 Å². The lowest BCUT2D eigenvalue weighted by molar-refractivity contribution is 0.687. The highest BCUT2D eigenvalue weighted by atomic mass is 79.9. The summed E-state index contributed by atoms with van der Waals surface area (Å²) >= 11 is 15.6. The first kappa shape index (κ1) is 14.9. The Bertz CT molecular complexity index is 599. The van der Waals surface area contributed by atoms with E-state index in [1.54, 1.807) is 0 Å². The van der Waals surface area contributed by atoms with Crippen molar-refractivity contribution < 1.29 is 0 Å². The second-order valence-electron chi connectivity index (χ2n) is 4.35. The monoisotopic (exact) mass is 357 g/mol. The number of halogens is 3. The molecule has 0 saturated heterocycles. The van der Waals surface area contributed by atoms with Crippen LogP contribution < -0.4 is 5.32 Å². The summed E-state index contributed by atoms with van der Waals surface area (Å²) in [5.41, 5.74) is 3.53. The van der Waals surface area contributed by atoms with Crippen molar-refractivity contribution in [2.75, 3.05) is 7.05 Å². The lowest BCUT2D eigenvalue weighted by Crippen LogP contribution is -2.18. The van der Waals surface area contributed by atoms with Crippen LogP contribution in [0.3, 0.4) is 0 Å². The summed E-state index contributed by atoms with van der Waals surface area (Å²) in [6, 6.07) is 12.0. The molecule has 2 aromatic carbocycles. The van der Waals surface area contributed by atoms with E-state index < -0.39 is 0 Å². The summed E-state index contributed by atoms with van der Waals surface area (Å²) < 4.78 is 1.10. The van der Waals surface area contributed by atoms with Crippen LogP contribution in [0.5, 0.6) is 0 Å². The molecule has 1 N–H and O–H groups in total. The van der Waals surface area contributed by atoms with E-state index in [1.165, 1.54) is 11.1 Å². The minimum Gasteiger partial charge on any atom is -0.309 e. The Morgan fingerprint density at radius 3 is 2.47 bits per heavy atom. The Kier molecular flexibility index (Phi) is 4.91. The van der Waals surface area contributed by atoms with Crippen LogP contribution >= 0.6 is 39.1 Å². The zero-order valence-electron chi connectivity index (χ0n) is 10.7. The van der Waals surface area contributed by atoms with Crippen LogP contribution in [0.25, 0.3) is 0 Å². The molecule has 0 amide bonds. The second kappa shape index (κ2) is 6.27. The Morgan fingerprint density at radius 1 is 1.11 bits per heavy atom. The fourth-order valence-corrected chi connectivity index (χ4v) is 2.82. The molecule has 0 aliphatic heterocycles. The van der Waals surface area contributed by atoms with Crippen LogP contribution in [0.1, 0.15) is 22.7 Å². The van der Waals surface area contributed by atoms with Gasteiger partial charge in [0.05, 0.1) is 16.1 Å². The number of rotatable bonds is 3. The lowest BCUT2D eigenvalue weighted by Gasteiger charge is -2.20. The fourth-order valence-electron chi connectivity index (χ4n) is 2.13. The first-order valence-electron chi connectivity index (χ1n) is 5.92. The highest BCUT2D eigenvalue weighted by Gasteiger charge is 2.16. The topological polar surface area (TPSA) is 12.0 Å². The number of benzene rings is 2. The van der Waals surface area contributed by atoms with Gasteiger partial charge in [0.15, 0.2) is 0 Å². The maximum atomic E-state index is 6.10. The molecule has 0 fully saturated rings. The normalized spacial score (nSPS) is 12.5. The number of hydrogen-bond donors (Lipinski definition) is 1. The van der Waals surface area contributed by atoms with Gasteiger partial charge in [-0.05, 0) is 48.9 Å². The Hall–Kier alpha value is -0.540. The van der Waals surface area contributed by atoms with Crippen molar-refractivity contribution in [1.82, 2.24) is 5.32 Å². The second-order valence-corrected chi connectivity index (χ2v) is 6.02. The molecular formula is C15H14BrCl2N. The molecule has 100 valence electrons. The first-order valence-corrected chi connectivity index (χ1v) is 7.46. The van der Waals surface area contributed by atoms with Gasteiger partial charge >= 0.3 is 0 Å². The van der Waals surface area contributed by atoms with Crippen LogP contribution in [0, 0.1) is 6.92 Å². The van der Waals surface area contributed by atoms with Gasteiger partial charge in [-0.1, -0.05) is 57.3 Å². The molecule has 19 heavy (non-hydrogen) atoms. The molecule has 1 atom stereocenters. The van der Waals surface area contributed by atoms with Crippen molar-refractivity contribution in [3.05, 3.63) is 67.6 Å². The minimum atomic E-state index is 0.0901. The summed E-state index contributed by atoms with van der Waals surface area (Å²) in [7, 11) is 1.94. The van der Waals surface area contributed by atoms with Gasteiger partial charge in [0, 0.05) is 4.47 Å². The average molecular weight is 359 g/mol. The molecule has 0 saturated carbocycles. The molecule has 0 aliphatic rings. The van der Waals surface area contributed by atoms with Gasteiger partial charge in [0.25, 0.3) is 0 Å². The summed E-state index contributed by atoms with van der Waals surface area (Å²) in [5.74, 6) is 0. The maximum absolute atomic E-state index is 6.10. The third-order valence-electron chi connectivity index (χ3n) is 3.19. The number of hydrogen-bond acceptors (Lipinski definition) is 1. The molecule has 4 heteroatoms. The summed E-state index contributed by atoms with van der Waals surface area (Å²) in [6.45, 7) is 2.10. The summed E-state index contributed by atoms with van der Waals surface area (Å²) in [4.78, 5) is 0. The summed E-state index contributed by atoms with van der Waals surface area (Å²) in [5, 5.41) is 4.48. The molecule has 1 unspecified atom stereocenters. The minimum absolute atomic E-state index is 0.0901. The SMILES string of the molecule is CNC(c1ccc(Cl)c(Cl)c1)c1cccc(Br)c1C. The van der Waals surface area contributed by atoms with Gasteiger partial charge < -0.3 is 5.32 Å². The van der Waals surface area contributed by atoms with E-state index in [1.807, 2.05) is 37.4 Å². The molecule has 0 aromatic heterocycles. The Morgan fingerprint density at radius 2 is 1.84 bits per heavy atom. The third kappa shape index (κ3) is 3.14. The molecular weight excluding hydrogens is 345 g/mol. The molecule has 2 rings (SSSR count). The van der Waals surface area contributed by atoms with Crippen molar-refractivity contribution in [1.29, 1.82) is 0 Å². The van der Waals surface area contributed by atoms with Crippen LogP contribution in [0.2, 0.25) is 10.0 Å². The van der Waals surface area contributed by atoms with Gasteiger partial charge in [0.2, 0.25) is 0 Å². The first-order chi connectivity index (χ1) is 9.04. The van der Waals surface area contributed by atoms with E-state index >= 15 is 0 Å². The summed E-state index contributed by atoms with van der Waals surface area (Å²) in [6.07, 6.45) is 0. The van der Waals surface area contributed by atoms with Crippen molar-refractivity contribution in [2.45, 2.75) is 13.0 Å². The third-order valence-corrected chi connectivity index (χ3v) is 4.78. The number of nitrogens with one attached hydrogen (secondary N) is 1. The van der Waals surface area contributed by atoms with Gasteiger partial charge in [-0.2, -0.15) is 0 Å². The molecule has 2 aromatic rings. The zero-order valence-corrected chi connectivity index (χ0v) is 13.8. The maximum Gasteiger partial charge on any atom is 0.0595 e. The largest absolute Gasteiger partial charge is 0.309 e. The molecule has 1 nitrogen and oxygen atoms in total. The highest BCUT2D eigenvalue weighted by molar-refractivity contribution is 9.10. The fraction of sp³-hybridized carbons (Fsp3) is 0.200. The van der Waals surface area contributed by atoms with E-state index in [0.717, 1.165) is 10.0 Å². The Balaban J connectivity index is 2.50. The molecule has 0 radical (unpaired) electrons. The van der Waals surface area contributed by atoms with Crippen LogP contribution in [-0.4, -0.2) is 7.05 Å². The van der Waals surface area contributed by atoms with E-state index in [-0.39, 0.29) is 6.04 Å². The average Bonchev–Trinajstić information content (AvgIpc) is 2.39. The molecule has 0 bridgehead atoms. The smallest absolute Gasteiger partial charge is 0.0595 e. The zero-order chi connectivity index (χ0) is 14.0. The molecule has 0 spiro atoms. The van der Waals surface area contributed by atoms with E-state index in [0.29, 0.717) is 10.0 Å². The van der Waals surface area contributed by atoms with Crippen LogP contribution in [0.4, 0.5) is 0 Å². The lowest BCUT2D eigenvalue weighted by atomic mass is 9.95. The van der Waals surface area contributed by atoms with Crippen LogP contribution in [-0.2, 0) is 0 Å². The van der Waals surface area contributed by atoms with Gasteiger partial charge in [-0.15, -0.1) is 0 Å². The molecule has 0 aliphatic carbocycles. The van der Waals surface area contributed by atoms with Gasteiger partial charge in [0.1, 0.15) is 0 Å². The van der Waals surface area contributed by atoms with Gasteiger partial charge in [-0.25, -0.2) is 0 Å². The van der Waals surface area contributed by atoms with Crippen LogP contribution in [0.15, 0.2) is 40.9 Å². The Labute approximate surface area is 132 Å². The quantitative estimate of drug-likeness (QED) is 0.777. The van der Waals surface area contributed by atoms with Crippen molar-refractivity contribution in [3.63, 3.8) is 0 Å². The standard InChI is InChI=1S/C15H14BrCl2N/c1-9-11(4-3-5-12(9)16)15(19-2)10-6-7-13(17)14(18)8-10/h3-8,15,19H,1-2H3. The predicted molar refractivity (Wildman–Crippen MR) is 86.2 cm³/mol. The van der Waals surface area contributed by atoms with E-state index in [9.17, 15) is 0 Å². The predicted octanol–water partition coefficient (Wildman–Crippen LogP) is 5.37. The molecule has 0 heterocycles. The highest BCUT2D eigenvalue weighted by Crippen LogP contribution is 2.32.